The maximum absolute atomic E-state index is 4.95. The first-order valence-corrected chi connectivity index (χ1v) is 7.60. The van der Waals surface area contributed by atoms with E-state index >= 15 is 0 Å². The number of aliphatic imine (C=N–C) groups is 1. The lowest BCUT2D eigenvalue weighted by Crippen LogP contribution is -2.46. The lowest BCUT2D eigenvalue weighted by atomic mass is 9.86. The molecular weight excluding hydrogens is 248 g/mol. The molecule has 1 N–H and O–H groups in total. The third-order valence-electron chi connectivity index (χ3n) is 3.64. The van der Waals surface area contributed by atoms with Crippen molar-refractivity contribution in [3.05, 3.63) is 12.2 Å². The second kappa shape index (κ2) is 5.73. The molecule has 3 rings (SSSR count). The molecule has 5 nitrogen and oxygen atoms in total. The van der Waals surface area contributed by atoms with Gasteiger partial charge in [0.15, 0.2) is 11.5 Å². The summed E-state index contributed by atoms with van der Waals surface area (Å²) in [7, 11) is 0. The van der Waals surface area contributed by atoms with Gasteiger partial charge < -0.3 is 9.84 Å². The molecule has 2 fully saturated rings. The van der Waals surface area contributed by atoms with Crippen LogP contribution >= 0.6 is 11.8 Å². The van der Waals surface area contributed by atoms with Crippen LogP contribution in [-0.4, -0.2) is 33.6 Å². The Labute approximate surface area is 111 Å². The first kappa shape index (κ1) is 12.0. The molecule has 1 aromatic heterocycles. The average molecular weight is 266 g/mol. The Bertz CT molecular complexity index is 406. The van der Waals surface area contributed by atoms with Gasteiger partial charge in [-0.25, -0.2) is 0 Å². The highest BCUT2D eigenvalue weighted by atomic mass is 32.2. The largest absolute Gasteiger partial charge is 0.362 e. The van der Waals surface area contributed by atoms with Gasteiger partial charge in [0.05, 0.1) is 6.54 Å². The number of hydrogen-bond acceptors (Lipinski definition) is 5. The molecule has 0 bridgehead atoms. The Morgan fingerprint density at radius 2 is 2.39 bits per heavy atom. The van der Waals surface area contributed by atoms with Gasteiger partial charge in [-0.3, -0.25) is 4.99 Å². The third-order valence-corrected chi connectivity index (χ3v) is 4.76. The van der Waals surface area contributed by atoms with Crippen molar-refractivity contribution in [2.45, 2.75) is 38.1 Å². The summed E-state index contributed by atoms with van der Waals surface area (Å²) < 4.78 is 4.95. The standard InChI is InChI=1S/C12H18N4OS/c1-2-4-10-9(3-1)7-18-12(16-10)13-6-5-11-14-8-15-17-11/h8-10H,1-7H2,(H,13,16). The number of aromatic nitrogens is 2. The van der Waals surface area contributed by atoms with Crippen LogP contribution < -0.4 is 5.32 Å². The molecule has 18 heavy (non-hydrogen) atoms. The monoisotopic (exact) mass is 266 g/mol. The zero-order valence-corrected chi connectivity index (χ0v) is 11.2. The van der Waals surface area contributed by atoms with Crippen molar-refractivity contribution in [2.24, 2.45) is 10.9 Å². The number of nitrogens with zero attached hydrogens (tertiary/aromatic N) is 3. The second-order valence-electron chi connectivity index (χ2n) is 4.88. The van der Waals surface area contributed by atoms with Crippen molar-refractivity contribution in [1.29, 1.82) is 0 Å². The Morgan fingerprint density at radius 3 is 3.28 bits per heavy atom. The van der Waals surface area contributed by atoms with Crippen molar-refractivity contribution in [2.75, 3.05) is 12.3 Å². The SMILES string of the molecule is c1noc(CCN=C2NC3CCCCC3CS2)n1. The first-order chi connectivity index (χ1) is 8.92. The third kappa shape index (κ3) is 2.85. The molecule has 6 heteroatoms. The maximum atomic E-state index is 4.95. The van der Waals surface area contributed by atoms with E-state index in [-0.39, 0.29) is 0 Å². The van der Waals surface area contributed by atoms with Crippen LogP contribution in [0.3, 0.4) is 0 Å². The van der Waals surface area contributed by atoms with Gasteiger partial charge in [0.2, 0.25) is 5.89 Å². The van der Waals surface area contributed by atoms with Gasteiger partial charge in [0.25, 0.3) is 0 Å². The molecule has 1 aliphatic carbocycles. The quantitative estimate of drug-likeness (QED) is 0.904. The van der Waals surface area contributed by atoms with Crippen LogP contribution in [0.1, 0.15) is 31.6 Å². The summed E-state index contributed by atoms with van der Waals surface area (Å²) in [5.41, 5.74) is 0. The topological polar surface area (TPSA) is 63.3 Å². The van der Waals surface area contributed by atoms with Gasteiger partial charge in [-0.1, -0.05) is 29.8 Å². The van der Waals surface area contributed by atoms with E-state index in [1.165, 1.54) is 37.8 Å². The molecule has 2 aliphatic rings. The van der Waals surface area contributed by atoms with Crippen LogP contribution in [0.5, 0.6) is 0 Å². The molecule has 1 aromatic rings. The molecule has 0 amide bonds. The molecule has 1 saturated carbocycles. The minimum Gasteiger partial charge on any atom is -0.362 e. The van der Waals surface area contributed by atoms with Crippen LogP contribution in [0.15, 0.2) is 15.8 Å². The fourth-order valence-electron chi connectivity index (χ4n) is 2.63. The Hall–Kier alpha value is -1.04. The molecule has 2 heterocycles. The molecule has 0 spiro atoms. The van der Waals surface area contributed by atoms with Gasteiger partial charge in [0.1, 0.15) is 0 Å². The maximum Gasteiger partial charge on any atom is 0.228 e. The minimum absolute atomic E-state index is 0.655. The summed E-state index contributed by atoms with van der Waals surface area (Å²) in [5.74, 6) is 2.73. The zero-order valence-electron chi connectivity index (χ0n) is 10.3. The van der Waals surface area contributed by atoms with Crippen LogP contribution in [0, 0.1) is 5.92 Å². The molecule has 98 valence electrons. The van der Waals surface area contributed by atoms with E-state index < -0.39 is 0 Å². The molecule has 1 aliphatic heterocycles. The van der Waals surface area contributed by atoms with E-state index in [4.69, 9.17) is 4.52 Å². The number of thioether (sulfide) groups is 1. The van der Waals surface area contributed by atoms with Gasteiger partial charge in [-0.2, -0.15) is 4.98 Å². The summed E-state index contributed by atoms with van der Waals surface area (Å²) >= 11 is 1.86. The van der Waals surface area contributed by atoms with E-state index in [1.807, 2.05) is 11.8 Å². The second-order valence-corrected chi connectivity index (χ2v) is 5.89. The Morgan fingerprint density at radius 1 is 1.44 bits per heavy atom. The van der Waals surface area contributed by atoms with E-state index in [0.717, 1.165) is 24.1 Å². The number of rotatable bonds is 3. The fraction of sp³-hybridized carbons (Fsp3) is 0.750. The lowest BCUT2D eigenvalue weighted by molar-refractivity contribution is 0.311. The molecule has 0 radical (unpaired) electrons. The van der Waals surface area contributed by atoms with Gasteiger partial charge >= 0.3 is 0 Å². The van der Waals surface area contributed by atoms with Crippen LogP contribution in [-0.2, 0) is 6.42 Å². The van der Waals surface area contributed by atoms with E-state index in [0.29, 0.717) is 11.9 Å². The number of amidine groups is 1. The minimum atomic E-state index is 0.655. The van der Waals surface area contributed by atoms with Crippen molar-refractivity contribution in [3.63, 3.8) is 0 Å². The number of hydrogen-bond donors (Lipinski definition) is 1. The van der Waals surface area contributed by atoms with E-state index in [9.17, 15) is 0 Å². The first-order valence-electron chi connectivity index (χ1n) is 6.61. The number of nitrogens with one attached hydrogen (secondary N) is 1. The van der Waals surface area contributed by atoms with Crippen LogP contribution in [0.4, 0.5) is 0 Å². The van der Waals surface area contributed by atoms with Crippen molar-refractivity contribution >= 4 is 16.9 Å². The van der Waals surface area contributed by atoms with Crippen LogP contribution in [0.2, 0.25) is 0 Å². The highest BCUT2D eigenvalue weighted by Gasteiger charge is 2.29. The molecule has 2 atom stereocenters. The lowest BCUT2D eigenvalue weighted by Gasteiger charge is -2.36. The Kier molecular flexibility index (Phi) is 3.83. The normalized spacial score (nSPS) is 29.9. The van der Waals surface area contributed by atoms with Crippen molar-refractivity contribution < 1.29 is 4.52 Å². The van der Waals surface area contributed by atoms with Crippen molar-refractivity contribution in [1.82, 2.24) is 15.5 Å². The highest BCUT2D eigenvalue weighted by molar-refractivity contribution is 8.13. The van der Waals surface area contributed by atoms with E-state index in [1.54, 1.807) is 0 Å². The molecule has 1 saturated heterocycles. The number of fused-ring (bicyclic) bond motifs is 1. The Balaban J connectivity index is 1.50. The predicted molar refractivity (Wildman–Crippen MR) is 71.6 cm³/mol. The summed E-state index contributed by atoms with van der Waals surface area (Å²) in [4.78, 5) is 8.58. The zero-order chi connectivity index (χ0) is 12.2. The average Bonchev–Trinajstić information content (AvgIpc) is 2.92. The summed E-state index contributed by atoms with van der Waals surface area (Å²) in [6.45, 7) is 0.717. The summed E-state index contributed by atoms with van der Waals surface area (Å²) in [5, 5.41) is 8.26. The van der Waals surface area contributed by atoms with Crippen molar-refractivity contribution in [3.8, 4) is 0 Å². The van der Waals surface area contributed by atoms with Gasteiger partial charge in [-0.05, 0) is 18.8 Å². The summed E-state index contributed by atoms with van der Waals surface area (Å²) in [6.07, 6.45) is 7.58. The van der Waals surface area contributed by atoms with E-state index in [2.05, 4.69) is 20.4 Å². The van der Waals surface area contributed by atoms with Gasteiger partial charge in [0, 0.05) is 18.2 Å². The molecule has 2 unspecified atom stereocenters. The van der Waals surface area contributed by atoms with Crippen LogP contribution in [0.25, 0.3) is 0 Å². The highest BCUT2D eigenvalue weighted by Crippen LogP contribution is 2.31. The summed E-state index contributed by atoms with van der Waals surface area (Å²) in [6, 6.07) is 0.655. The van der Waals surface area contributed by atoms with Gasteiger partial charge in [-0.15, -0.1) is 0 Å². The fourth-order valence-corrected chi connectivity index (χ4v) is 3.82. The molecule has 0 aromatic carbocycles. The molecular formula is C12H18N4OS. The smallest absolute Gasteiger partial charge is 0.228 e. The predicted octanol–water partition coefficient (Wildman–Crippen LogP) is 1.86.